The highest BCUT2D eigenvalue weighted by molar-refractivity contribution is 4.98. The van der Waals surface area contributed by atoms with Crippen molar-refractivity contribution in [2.75, 3.05) is 0 Å². The second-order valence-electron chi connectivity index (χ2n) is 5.20. The van der Waals surface area contributed by atoms with Gasteiger partial charge in [-0.3, -0.25) is 14.3 Å². The molecule has 21 heavy (non-hydrogen) atoms. The number of hydrogen-bond donors (Lipinski definition) is 1. The Morgan fingerprint density at radius 2 is 2.10 bits per heavy atom. The van der Waals surface area contributed by atoms with Crippen molar-refractivity contribution in [1.82, 2.24) is 9.55 Å². The highest BCUT2D eigenvalue weighted by Gasteiger charge is 2.55. The number of nitrogens with one attached hydrogen (secondary N) is 1. The van der Waals surface area contributed by atoms with Crippen molar-refractivity contribution in [3.63, 3.8) is 0 Å². The second kappa shape index (κ2) is 4.71. The number of aromatic nitrogens is 2. The predicted octanol–water partition coefficient (Wildman–Crippen LogP) is 0.222. The summed E-state index contributed by atoms with van der Waals surface area (Å²) in [5.74, 6) is -0.883. The Kier molecular flexibility index (Phi) is 3.10. The molecule has 3 rings (SSSR count). The second-order valence-corrected chi connectivity index (χ2v) is 5.20. The summed E-state index contributed by atoms with van der Waals surface area (Å²) in [6, 6.07) is 1.20. The molecule has 1 aromatic heterocycles. The Balaban J connectivity index is 2.01. The van der Waals surface area contributed by atoms with Crippen LogP contribution in [0.4, 0.5) is 0 Å². The molecule has 2 aliphatic rings. The predicted molar refractivity (Wildman–Crippen MR) is 68.2 cm³/mol. The van der Waals surface area contributed by atoms with Gasteiger partial charge in [0.05, 0.1) is 0 Å². The molecule has 10 heteroatoms. The van der Waals surface area contributed by atoms with Crippen LogP contribution >= 0.6 is 0 Å². The van der Waals surface area contributed by atoms with Gasteiger partial charge in [0.1, 0.15) is 12.2 Å². The third-order valence-electron chi connectivity index (χ3n) is 3.30. The summed E-state index contributed by atoms with van der Waals surface area (Å²) in [5, 5.41) is 3.52. The quantitative estimate of drug-likeness (QED) is 0.473. The zero-order valence-electron chi connectivity index (χ0n) is 11.3. The molecule has 0 saturated carbocycles. The normalized spacial score (nSPS) is 33.4. The van der Waals surface area contributed by atoms with Crippen molar-refractivity contribution < 1.29 is 14.2 Å². The summed E-state index contributed by atoms with van der Waals surface area (Å²) in [5.41, 5.74) is 7.44. The first kappa shape index (κ1) is 13.8. The average molecular weight is 295 g/mol. The summed E-state index contributed by atoms with van der Waals surface area (Å²) in [7, 11) is 0. The molecule has 0 spiro atoms. The fraction of sp³-hybridized carbons (Fsp3) is 0.636. The Labute approximate surface area is 117 Å². The summed E-state index contributed by atoms with van der Waals surface area (Å²) in [4.78, 5) is 27.8. The van der Waals surface area contributed by atoms with Crippen molar-refractivity contribution in [3.8, 4) is 0 Å². The summed E-state index contributed by atoms with van der Waals surface area (Å²) in [6.45, 7) is 3.43. The number of azide groups is 1. The smallest absolute Gasteiger partial charge is 0.330 e. The Hall–Kier alpha value is -2.13. The number of aromatic amines is 1. The minimum absolute atomic E-state index is 0.513. The number of fused-ring (bicyclic) bond motifs is 1. The van der Waals surface area contributed by atoms with E-state index in [0.717, 1.165) is 0 Å². The van der Waals surface area contributed by atoms with E-state index in [4.69, 9.17) is 19.7 Å². The Bertz CT molecular complexity index is 718. The molecular formula is C11H13N5O5. The maximum absolute atomic E-state index is 11.9. The van der Waals surface area contributed by atoms with Crippen LogP contribution in [-0.4, -0.2) is 33.8 Å². The van der Waals surface area contributed by atoms with Gasteiger partial charge in [-0.05, 0) is 19.4 Å². The lowest BCUT2D eigenvalue weighted by Crippen LogP contribution is -2.37. The van der Waals surface area contributed by atoms with Gasteiger partial charge in [-0.1, -0.05) is 5.11 Å². The van der Waals surface area contributed by atoms with Gasteiger partial charge >= 0.3 is 5.69 Å². The van der Waals surface area contributed by atoms with Gasteiger partial charge in [0.25, 0.3) is 5.56 Å². The van der Waals surface area contributed by atoms with E-state index in [1.807, 2.05) is 0 Å². The molecule has 1 aromatic rings. The number of ether oxygens (including phenoxy) is 3. The van der Waals surface area contributed by atoms with Crippen LogP contribution in [0.5, 0.6) is 0 Å². The fourth-order valence-corrected chi connectivity index (χ4v) is 2.55. The maximum atomic E-state index is 11.9. The maximum Gasteiger partial charge on any atom is 0.330 e. The standard InChI is InChI=1S/C11H13N5O5/c1-11(2)20-6-7(21-11)9(19-8(6)14-15-12)16-4-3-5(17)13-10(16)18/h3-4,6-9H,1-2H3,(H,13,17,18)/t6-,7+,8-,9+/m0/s1. The largest absolute Gasteiger partial charge is 0.343 e. The molecule has 0 radical (unpaired) electrons. The molecule has 2 fully saturated rings. The minimum Gasteiger partial charge on any atom is -0.343 e. The van der Waals surface area contributed by atoms with Crippen LogP contribution < -0.4 is 11.2 Å². The molecule has 0 bridgehead atoms. The first-order valence-corrected chi connectivity index (χ1v) is 6.28. The first-order valence-electron chi connectivity index (χ1n) is 6.28. The number of hydrogen-bond acceptors (Lipinski definition) is 6. The van der Waals surface area contributed by atoms with Gasteiger partial charge < -0.3 is 14.2 Å². The monoisotopic (exact) mass is 295 g/mol. The Morgan fingerprint density at radius 3 is 2.76 bits per heavy atom. The number of H-pyrrole nitrogens is 1. The third kappa shape index (κ3) is 2.34. The van der Waals surface area contributed by atoms with Gasteiger partial charge in [0, 0.05) is 17.2 Å². The van der Waals surface area contributed by atoms with Crippen molar-refractivity contribution in [2.45, 2.75) is 44.3 Å². The van der Waals surface area contributed by atoms with Crippen molar-refractivity contribution in [2.24, 2.45) is 5.11 Å². The van der Waals surface area contributed by atoms with Crippen LogP contribution in [0.15, 0.2) is 27.0 Å². The van der Waals surface area contributed by atoms with E-state index < -0.39 is 41.7 Å². The summed E-state index contributed by atoms with van der Waals surface area (Å²) < 4.78 is 18.1. The zero-order valence-corrected chi connectivity index (χ0v) is 11.3. The lowest BCUT2D eigenvalue weighted by Gasteiger charge is -2.23. The van der Waals surface area contributed by atoms with Crippen LogP contribution in [0.3, 0.4) is 0 Å². The van der Waals surface area contributed by atoms with Crippen LogP contribution in [0.2, 0.25) is 0 Å². The molecule has 0 amide bonds. The van der Waals surface area contributed by atoms with E-state index in [1.54, 1.807) is 13.8 Å². The lowest BCUT2D eigenvalue weighted by molar-refractivity contribution is -0.196. The van der Waals surface area contributed by atoms with E-state index in [1.165, 1.54) is 16.8 Å². The molecule has 2 saturated heterocycles. The topological polar surface area (TPSA) is 131 Å². The van der Waals surface area contributed by atoms with E-state index in [9.17, 15) is 9.59 Å². The summed E-state index contributed by atoms with van der Waals surface area (Å²) in [6.07, 6.45) is -1.71. The van der Waals surface area contributed by atoms with E-state index >= 15 is 0 Å². The van der Waals surface area contributed by atoms with Gasteiger partial charge in [-0.25, -0.2) is 4.79 Å². The first-order chi connectivity index (χ1) is 9.91. The molecule has 10 nitrogen and oxygen atoms in total. The molecule has 0 aromatic carbocycles. The van der Waals surface area contributed by atoms with Gasteiger partial charge in [-0.15, -0.1) is 0 Å². The molecule has 3 heterocycles. The molecule has 2 aliphatic heterocycles. The molecule has 112 valence electrons. The van der Waals surface area contributed by atoms with Gasteiger partial charge in [0.2, 0.25) is 0 Å². The number of nitrogens with zero attached hydrogens (tertiary/aromatic N) is 4. The Morgan fingerprint density at radius 1 is 1.38 bits per heavy atom. The van der Waals surface area contributed by atoms with E-state index in [0.29, 0.717) is 0 Å². The van der Waals surface area contributed by atoms with E-state index in [2.05, 4.69) is 15.0 Å². The molecule has 0 unspecified atom stereocenters. The highest BCUT2D eigenvalue weighted by atomic mass is 16.8. The highest BCUT2D eigenvalue weighted by Crippen LogP contribution is 2.42. The number of rotatable bonds is 2. The SMILES string of the molecule is CC1(C)O[C@@H]2[C@H](O1)[C@@H](N=[N+]=[N-])O[C@H]2n1ccc(=O)[nH]c1=O. The van der Waals surface area contributed by atoms with Crippen LogP contribution in [-0.2, 0) is 14.2 Å². The molecule has 4 atom stereocenters. The fourth-order valence-electron chi connectivity index (χ4n) is 2.55. The molecule has 0 aliphatic carbocycles. The molecular weight excluding hydrogens is 282 g/mol. The van der Waals surface area contributed by atoms with Crippen molar-refractivity contribution in [1.29, 1.82) is 0 Å². The van der Waals surface area contributed by atoms with E-state index in [-0.39, 0.29) is 0 Å². The zero-order chi connectivity index (χ0) is 15.2. The third-order valence-corrected chi connectivity index (χ3v) is 3.30. The van der Waals surface area contributed by atoms with Gasteiger partial charge in [0.15, 0.2) is 18.2 Å². The van der Waals surface area contributed by atoms with Crippen LogP contribution in [0.1, 0.15) is 20.1 Å². The van der Waals surface area contributed by atoms with Crippen LogP contribution in [0.25, 0.3) is 10.4 Å². The molecule has 1 N–H and O–H groups in total. The average Bonchev–Trinajstić information content (AvgIpc) is 2.85. The minimum atomic E-state index is -0.911. The van der Waals surface area contributed by atoms with Gasteiger partial charge in [-0.2, -0.15) is 0 Å². The van der Waals surface area contributed by atoms with Crippen molar-refractivity contribution in [3.05, 3.63) is 43.5 Å². The summed E-state index contributed by atoms with van der Waals surface area (Å²) >= 11 is 0. The lowest BCUT2D eigenvalue weighted by atomic mass is 10.2. The van der Waals surface area contributed by atoms with Crippen molar-refractivity contribution >= 4 is 0 Å². The van der Waals surface area contributed by atoms with Crippen LogP contribution in [0, 0.1) is 0 Å².